The van der Waals surface area contributed by atoms with Crippen LogP contribution in [0.25, 0.3) is 0 Å². The molecule has 0 heterocycles. The number of amides is 1. The van der Waals surface area contributed by atoms with Gasteiger partial charge in [-0.05, 0) is 78.6 Å². The molecule has 2 N–H and O–H groups in total. The molecule has 47 heavy (non-hydrogen) atoms. The van der Waals surface area contributed by atoms with Crippen molar-refractivity contribution in [2.45, 2.75) is 137 Å². The largest absolute Gasteiger partial charge is 0.385 e. The summed E-state index contributed by atoms with van der Waals surface area (Å²) in [5, 5.41) is 13.5. The molecule has 268 valence electrons. The Bertz CT molecular complexity index is 992. The van der Waals surface area contributed by atoms with Gasteiger partial charge in [-0.3, -0.25) is 14.4 Å². The molecule has 0 saturated carbocycles. The molecule has 0 aliphatic rings. The van der Waals surface area contributed by atoms with Gasteiger partial charge in [0.05, 0.1) is 12.2 Å². The fourth-order valence-corrected chi connectivity index (χ4v) is 6.15. The third kappa shape index (κ3) is 30.0. The molecule has 0 aliphatic carbocycles. The predicted octanol–water partition coefficient (Wildman–Crippen LogP) is 9.70. The number of hydrogen-bond acceptors (Lipinski definition) is 7. The number of aliphatic hydroxyl groups is 1. The quantitative estimate of drug-likeness (QED) is 0.0458. The Morgan fingerprint density at radius 3 is 1.81 bits per heavy atom. The van der Waals surface area contributed by atoms with E-state index >= 15 is 0 Å². The maximum absolute atomic E-state index is 12.4. The molecule has 0 aromatic carbocycles. The number of unbranched alkanes of at least 4 members (excludes halogenated alkanes) is 1. The number of carbonyl (C=O) groups is 3. The zero-order chi connectivity index (χ0) is 35.2. The first kappa shape index (κ1) is 45.1. The summed E-state index contributed by atoms with van der Waals surface area (Å²) in [6, 6.07) is 0. The van der Waals surface area contributed by atoms with Crippen molar-refractivity contribution in [1.29, 1.82) is 0 Å². The standard InChI is InChI=1S/C39H65NO5S2/c1-7-8-9-10-11-12-13-14-15-16-17-18-19-20-21-22-23-29-36(43)40-30-32-47-46-31-25-27-34(41)26-24-28-35(42)37(44)39(5,6)33-45-38(2,3)4/h8-9,11-12,14-15,17-18,20-21,37,44H,7,10,13,16,19,22-33H2,1-6H3,(H,40,43)/b9-8-,12-11-,15-14-,18-17-,21-20-/t37-/m0/s1. The van der Waals surface area contributed by atoms with Gasteiger partial charge in [0, 0.05) is 49.1 Å². The SMILES string of the molecule is CC/C=C\C/C=C\C/C=C\C/C=C\C/C=C\CCCC(=O)NCCSSCCCC(=O)CCCC(=O)[C@H](O)C(C)(C)COC(C)(C)C. The molecule has 0 aliphatic heterocycles. The van der Waals surface area contributed by atoms with E-state index in [1.807, 2.05) is 34.6 Å². The molecule has 0 fully saturated rings. The summed E-state index contributed by atoms with van der Waals surface area (Å²) >= 11 is 0. The molecule has 0 radical (unpaired) electrons. The minimum absolute atomic E-state index is 0.0985. The van der Waals surface area contributed by atoms with Crippen LogP contribution in [-0.4, -0.2) is 58.9 Å². The molecule has 0 spiro atoms. The number of rotatable bonds is 29. The molecular formula is C39H65NO5S2. The third-order valence-electron chi connectivity index (χ3n) is 7.01. The first-order valence-corrected chi connectivity index (χ1v) is 20.0. The van der Waals surface area contributed by atoms with Crippen LogP contribution in [0.5, 0.6) is 0 Å². The van der Waals surface area contributed by atoms with Crippen molar-refractivity contribution in [1.82, 2.24) is 5.32 Å². The fraction of sp³-hybridized carbons (Fsp3) is 0.667. The van der Waals surface area contributed by atoms with Crippen LogP contribution in [-0.2, 0) is 19.1 Å². The fourth-order valence-electron chi connectivity index (χ4n) is 4.15. The van der Waals surface area contributed by atoms with Crippen LogP contribution in [0.3, 0.4) is 0 Å². The van der Waals surface area contributed by atoms with Crippen molar-refractivity contribution in [3.63, 3.8) is 0 Å². The number of hydrogen-bond donors (Lipinski definition) is 2. The second kappa shape index (κ2) is 29.1. The first-order chi connectivity index (χ1) is 22.4. The molecule has 1 amide bonds. The van der Waals surface area contributed by atoms with Gasteiger partial charge in [0.2, 0.25) is 5.91 Å². The number of nitrogens with one attached hydrogen (secondary N) is 1. The number of aliphatic hydroxyl groups excluding tert-OH is 1. The summed E-state index contributed by atoms with van der Waals surface area (Å²) in [6.07, 6.45) is 30.4. The summed E-state index contributed by atoms with van der Waals surface area (Å²) < 4.78 is 5.76. The minimum atomic E-state index is -1.10. The number of ketones is 2. The second-order valence-electron chi connectivity index (χ2n) is 13.3. The Morgan fingerprint density at radius 2 is 1.23 bits per heavy atom. The topological polar surface area (TPSA) is 92.7 Å². The molecule has 8 heteroatoms. The van der Waals surface area contributed by atoms with Crippen LogP contribution in [0, 0.1) is 5.41 Å². The van der Waals surface area contributed by atoms with E-state index in [2.05, 4.69) is 73.0 Å². The van der Waals surface area contributed by atoms with Gasteiger partial charge in [-0.2, -0.15) is 0 Å². The number of Topliss-reactive ketones (excluding diaryl/α,β-unsaturated/α-hetero) is 2. The van der Waals surface area contributed by atoms with E-state index in [1.54, 1.807) is 21.6 Å². The van der Waals surface area contributed by atoms with Crippen LogP contribution in [0.4, 0.5) is 0 Å². The zero-order valence-corrected chi connectivity index (χ0v) is 31.9. The third-order valence-corrected chi connectivity index (χ3v) is 9.50. The monoisotopic (exact) mass is 691 g/mol. The van der Waals surface area contributed by atoms with Crippen molar-refractivity contribution < 1.29 is 24.2 Å². The lowest BCUT2D eigenvalue weighted by Gasteiger charge is -2.32. The molecule has 0 unspecified atom stereocenters. The minimum Gasteiger partial charge on any atom is -0.385 e. The van der Waals surface area contributed by atoms with Crippen LogP contribution in [0.1, 0.15) is 125 Å². The molecule has 0 rings (SSSR count). The van der Waals surface area contributed by atoms with Crippen molar-refractivity contribution >= 4 is 39.1 Å². The van der Waals surface area contributed by atoms with Gasteiger partial charge >= 0.3 is 0 Å². The van der Waals surface area contributed by atoms with Crippen LogP contribution >= 0.6 is 21.6 Å². The van der Waals surface area contributed by atoms with E-state index in [4.69, 9.17) is 4.74 Å². The smallest absolute Gasteiger partial charge is 0.220 e. The maximum Gasteiger partial charge on any atom is 0.220 e. The maximum atomic E-state index is 12.4. The van der Waals surface area contributed by atoms with Crippen molar-refractivity contribution in [3.05, 3.63) is 60.8 Å². The van der Waals surface area contributed by atoms with Crippen molar-refractivity contribution in [2.24, 2.45) is 5.41 Å². The average Bonchev–Trinajstić information content (AvgIpc) is 3.02. The lowest BCUT2D eigenvalue weighted by Crippen LogP contribution is -2.41. The summed E-state index contributed by atoms with van der Waals surface area (Å²) in [4.78, 5) is 36.7. The predicted molar refractivity (Wildman–Crippen MR) is 205 cm³/mol. The number of allylic oxidation sites excluding steroid dienone is 10. The van der Waals surface area contributed by atoms with Crippen LogP contribution in [0.15, 0.2) is 60.8 Å². The molecule has 0 aromatic heterocycles. The molecule has 0 bridgehead atoms. The normalized spacial score (nSPS) is 13.6. The number of carbonyl (C=O) groups excluding carboxylic acids is 3. The Kier molecular flexibility index (Phi) is 27.9. The summed E-state index contributed by atoms with van der Waals surface area (Å²) in [5.74, 6) is 1.73. The summed E-state index contributed by atoms with van der Waals surface area (Å²) in [6.45, 7) is 12.6. The van der Waals surface area contributed by atoms with Gasteiger partial charge in [-0.25, -0.2) is 0 Å². The Morgan fingerprint density at radius 1 is 0.702 bits per heavy atom. The van der Waals surface area contributed by atoms with Gasteiger partial charge in [0.25, 0.3) is 0 Å². The lowest BCUT2D eigenvalue weighted by molar-refractivity contribution is -0.140. The highest BCUT2D eigenvalue weighted by molar-refractivity contribution is 8.76. The highest BCUT2D eigenvalue weighted by atomic mass is 33.1. The van der Waals surface area contributed by atoms with E-state index in [9.17, 15) is 19.5 Å². The molecule has 0 saturated heterocycles. The number of ether oxygens (including phenoxy) is 1. The van der Waals surface area contributed by atoms with Crippen molar-refractivity contribution in [2.75, 3.05) is 24.7 Å². The highest BCUT2D eigenvalue weighted by Crippen LogP contribution is 2.26. The summed E-state index contributed by atoms with van der Waals surface area (Å²) in [5.41, 5.74) is -1.01. The molecular weight excluding hydrogens is 627 g/mol. The first-order valence-electron chi connectivity index (χ1n) is 17.5. The lowest BCUT2D eigenvalue weighted by atomic mass is 9.83. The van der Waals surface area contributed by atoms with Crippen LogP contribution in [0.2, 0.25) is 0 Å². The van der Waals surface area contributed by atoms with E-state index in [1.165, 1.54) is 0 Å². The molecule has 6 nitrogen and oxygen atoms in total. The summed E-state index contributed by atoms with van der Waals surface area (Å²) in [7, 11) is 3.43. The molecule has 0 aromatic rings. The zero-order valence-electron chi connectivity index (χ0n) is 30.3. The Balaban J connectivity index is 3.70. The van der Waals surface area contributed by atoms with E-state index in [0.717, 1.165) is 62.9 Å². The van der Waals surface area contributed by atoms with Gasteiger partial charge in [-0.15, -0.1) is 0 Å². The second-order valence-corrected chi connectivity index (χ2v) is 16.1. The van der Waals surface area contributed by atoms with Gasteiger partial charge < -0.3 is 15.2 Å². The Labute approximate surface area is 295 Å². The Hall–Kier alpha value is -1.87. The van der Waals surface area contributed by atoms with Gasteiger partial charge in [0.15, 0.2) is 5.78 Å². The molecule has 1 atom stereocenters. The van der Waals surface area contributed by atoms with Gasteiger partial charge in [-0.1, -0.05) is 103 Å². The van der Waals surface area contributed by atoms with E-state index in [-0.39, 0.29) is 36.1 Å². The van der Waals surface area contributed by atoms with E-state index in [0.29, 0.717) is 32.2 Å². The highest BCUT2D eigenvalue weighted by Gasteiger charge is 2.34. The van der Waals surface area contributed by atoms with Crippen molar-refractivity contribution in [3.8, 4) is 0 Å². The average molecular weight is 692 g/mol. The van der Waals surface area contributed by atoms with E-state index < -0.39 is 11.5 Å². The van der Waals surface area contributed by atoms with Crippen LogP contribution < -0.4 is 5.32 Å². The van der Waals surface area contributed by atoms with Gasteiger partial charge in [0.1, 0.15) is 11.9 Å².